The van der Waals surface area contributed by atoms with Crippen LogP contribution < -0.4 is 5.32 Å². The van der Waals surface area contributed by atoms with Gasteiger partial charge < -0.3 is 10.4 Å². The van der Waals surface area contributed by atoms with E-state index < -0.39 is 5.25 Å². The number of phenols is 1. The van der Waals surface area contributed by atoms with E-state index in [4.69, 9.17) is 23.2 Å². The Labute approximate surface area is 147 Å². The molecular weight excluding hydrogens is 361 g/mol. The van der Waals surface area contributed by atoms with Crippen LogP contribution in [0.1, 0.15) is 13.3 Å². The zero-order valence-electron chi connectivity index (χ0n) is 12.5. The first-order valence-electron chi connectivity index (χ1n) is 6.82. The van der Waals surface area contributed by atoms with E-state index in [1.807, 2.05) is 6.92 Å². The van der Waals surface area contributed by atoms with Crippen LogP contribution in [0, 0.1) is 0 Å². The van der Waals surface area contributed by atoms with Gasteiger partial charge in [-0.3, -0.25) is 14.5 Å². The Bertz CT molecular complexity index is 658. The van der Waals surface area contributed by atoms with Gasteiger partial charge >= 0.3 is 0 Å². The van der Waals surface area contributed by atoms with Crippen LogP contribution in [0.15, 0.2) is 17.1 Å². The molecule has 2 amide bonds. The molecule has 2 rings (SSSR count). The SMILES string of the molecule is CCN1C(=O)[C@H](CC(=O)NC)SC1=Nc1cc(Cl)c(O)c(Cl)c1. The fourth-order valence-corrected chi connectivity index (χ4v) is 3.71. The lowest BCUT2D eigenvalue weighted by atomic mass is 10.2. The molecule has 124 valence electrons. The highest BCUT2D eigenvalue weighted by molar-refractivity contribution is 8.15. The highest BCUT2D eigenvalue weighted by Crippen LogP contribution is 2.37. The van der Waals surface area contributed by atoms with Crippen molar-refractivity contribution in [1.82, 2.24) is 10.2 Å². The van der Waals surface area contributed by atoms with Crippen molar-refractivity contribution in [2.24, 2.45) is 4.99 Å². The number of aromatic hydroxyl groups is 1. The molecule has 0 aliphatic carbocycles. The molecule has 0 saturated carbocycles. The number of nitrogens with one attached hydrogen (secondary N) is 1. The zero-order valence-corrected chi connectivity index (χ0v) is 14.8. The highest BCUT2D eigenvalue weighted by Gasteiger charge is 2.38. The van der Waals surface area contributed by atoms with Crippen molar-refractivity contribution in [3.63, 3.8) is 0 Å². The third-order valence-electron chi connectivity index (χ3n) is 3.21. The number of thioether (sulfide) groups is 1. The van der Waals surface area contributed by atoms with Gasteiger partial charge in [0, 0.05) is 20.0 Å². The zero-order chi connectivity index (χ0) is 17.1. The molecule has 1 aromatic rings. The number of carbonyl (C=O) groups excluding carboxylic acids is 2. The van der Waals surface area contributed by atoms with Crippen molar-refractivity contribution < 1.29 is 14.7 Å². The molecule has 0 bridgehead atoms. The van der Waals surface area contributed by atoms with Crippen LogP contribution in [0.3, 0.4) is 0 Å². The van der Waals surface area contributed by atoms with E-state index in [1.165, 1.54) is 35.8 Å². The number of hydrogen-bond acceptors (Lipinski definition) is 5. The molecule has 1 heterocycles. The van der Waals surface area contributed by atoms with Crippen molar-refractivity contribution in [3.8, 4) is 5.75 Å². The molecule has 0 spiro atoms. The fourth-order valence-electron chi connectivity index (χ4n) is 2.01. The Hall–Kier alpha value is -1.44. The largest absolute Gasteiger partial charge is 0.505 e. The van der Waals surface area contributed by atoms with Gasteiger partial charge in [0.2, 0.25) is 11.8 Å². The molecule has 23 heavy (non-hydrogen) atoms. The van der Waals surface area contributed by atoms with E-state index in [-0.39, 0.29) is 34.0 Å². The second-order valence-electron chi connectivity index (χ2n) is 4.72. The number of hydrogen-bond donors (Lipinski definition) is 2. The van der Waals surface area contributed by atoms with Crippen LogP contribution in [0.4, 0.5) is 5.69 Å². The Kier molecular flexibility index (Phi) is 5.78. The van der Waals surface area contributed by atoms with Crippen LogP contribution >= 0.6 is 35.0 Å². The first-order chi connectivity index (χ1) is 10.9. The van der Waals surface area contributed by atoms with Gasteiger partial charge in [-0.05, 0) is 19.1 Å². The summed E-state index contributed by atoms with van der Waals surface area (Å²) >= 11 is 13.0. The van der Waals surface area contributed by atoms with Crippen LogP contribution in [0.2, 0.25) is 10.0 Å². The van der Waals surface area contributed by atoms with Crippen LogP contribution in [-0.2, 0) is 9.59 Å². The molecule has 6 nitrogen and oxygen atoms in total. The maximum Gasteiger partial charge on any atom is 0.242 e. The Morgan fingerprint density at radius 2 is 2.04 bits per heavy atom. The number of carbonyl (C=O) groups is 2. The Balaban J connectivity index is 2.30. The third-order valence-corrected chi connectivity index (χ3v) is 4.96. The molecule has 0 unspecified atom stereocenters. The molecule has 0 radical (unpaired) electrons. The predicted octanol–water partition coefficient (Wildman–Crippen LogP) is 2.79. The molecule has 1 aliphatic rings. The standard InChI is InChI=1S/C14H15Cl2N3O3S/c1-3-19-13(22)10(6-11(20)17-2)23-14(19)18-7-4-8(15)12(21)9(16)5-7/h4-5,10,21H,3,6H2,1-2H3,(H,17,20)/t10-/m0/s1. The summed E-state index contributed by atoms with van der Waals surface area (Å²) in [6.45, 7) is 2.27. The first kappa shape index (κ1) is 17.9. The quantitative estimate of drug-likeness (QED) is 0.847. The van der Waals surface area contributed by atoms with Crippen LogP contribution in [0.5, 0.6) is 5.75 Å². The van der Waals surface area contributed by atoms with E-state index in [0.29, 0.717) is 17.4 Å². The average molecular weight is 376 g/mol. The summed E-state index contributed by atoms with van der Waals surface area (Å²) in [4.78, 5) is 29.7. The lowest BCUT2D eigenvalue weighted by Gasteiger charge is -2.13. The molecule has 1 fully saturated rings. The molecule has 1 aromatic carbocycles. The number of halogens is 2. The molecule has 9 heteroatoms. The van der Waals surface area contributed by atoms with Gasteiger partial charge in [0.15, 0.2) is 10.9 Å². The van der Waals surface area contributed by atoms with Crippen molar-refractivity contribution >= 4 is 57.6 Å². The van der Waals surface area contributed by atoms with Crippen LogP contribution in [0.25, 0.3) is 0 Å². The maximum atomic E-state index is 12.3. The molecule has 1 atom stereocenters. The highest BCUT2D eigenvalue weighted by atomic mass is 35.5. The van der Waals surface area contributed by atoms with E-state index in [0.717, 1.165) is 0 Å². The van der Waals surface area contributed by atoms with Crippen molar-refractivity contribution in [1.29, 1.82) is 0 Å². The first-order valence-corrected chi connectivity index (χ1v) is 8.46. The number of nitrogens with zero attached hydrogens (tertiary/aromatic N) is 2. The second kappa shape index (κ2) is 7.42. The van der Waals surface area contributed by atoms with Crippen molar-refractivity contribution in [2.75, 3.05) is 13.6 Å². The normalized spacial score (nSPS) is 19.5. The van der Waals surface area contributed by atoms with Gasteiger partial charge in [0.1, 0.15) is 5.25 Å². The molecular formula is C14H15Cl2N3O3S. The Morgan fingerprint density at radius 3 is 2.57 bits per heavy atom. The van der Waals surface area contributed by atoms with Gasteiger partial charge in [-0.1, -0.05) is 35.0 Å². The fraction of sp³-hybridized carbons (Fsp3) is 0.357. The number of rotatable bonds is 4. The van der Waals surface area contributed by atoms with E-state index in [1.54, 1.807) is 0 Å². The summed E-state index contributed by atoms with van der Waals surface area (Å²) in [5, 5.41) is 12.2. The van der Waals surface area contributed by atoms with E-state index >= 15 is 0 Å². The predicted molar refractivity (Wildman–Crippen MR) is 92.7 cm³/mol. The number of amides is 2. The molecule has 1 aliphatic heterocycles. The van der Waals surface area contributed by atoms with Gasteiger partial charge in [-0.25, -0.2) is 4.99 Å². The minimum absolute atomic E-state index is 0.0798. The summed E-state index contributed by atoms with van der Waals surface area (Å²) in [5.74, 6) is -0.572. The summed E-state index contributed by atoms with van der Waals surface area (Å²) in [6, 6.07) is 2.92. The minimum Gasteiger partial charge on any atom is -0.505 e. The summed E-state index contributed by atoms with van der Waals surface area (Å²) in [6.07, 6.45) is 0.0899. The number of aliphatic imine (C=N–C) groups is 1. The molecule has 1 saturated heterocycles. The smallest absolute Gasteiger partial charge is 0.242 e. The van der Waals surface area contributed by atoms with Gasteiger partial charge in [-0.2, -0.15) is 0 Å². The lowest BCUT2D eigenvalue weighted by molar-refractivity contribution is -0.129. The van der Waals surface area contributed by atoms with Gasteiger partial charge in [0.05, 0.1) is 15.7 Å². The van der Waals surface area contributed by atoms with Gasteiger partial charge in [-0.15, -0.1) is 0 Å². The molecule has 2 N–H and O–H groups in total. The lowest BCUT2D eigenvalue weighted by Crippen LogP contribution is -2.33. The van der Waals surface area contributed by atoms with Crippen LogP contribution in [-0.4, -0.2) is 45.8 Å². The van der Waals surface area contributed by atoms with Crippen molar-refractivity contribution in [2.45, 2.75) is 18.6 Å². The molecule has 0 aromatic heterocycles. The number of benzene rings is 1. The number of amidine groups is 1. The second-order valence-corrected chi connectivity index (χ2v) is 6.70. The topological polar surface area (TPSA) is 82.0 Å². The van der Waals surface area contributed by atoms with E-state index in [9.17, 15) is 14.7 Å². The van der Waals surface area contributed by atoms with E-state index in [2.05, 4.69) is 10.3 Å². The number of phenolic OH excluding ortho intramolecular Hbond substituents is 1. The monoisotopic (exact) mass is 375 g/mol. The summed E-state index contributed by atoms with van der Waals surface area (Å²) < 4.78 is 0. The third kappa shape index (κ3) is 3.91. The maximum absolute atomic E-state index is 12.3. The van der Waals surface area contributed by atoms with Crippen molar-refractivity contribution in [3.05, 3.63) is 22.2 Å². The summed E-state index contributed by atoms with van der Waals surface area (Å²) in [5.41, 5.74) is 0.423. The minimum atomic E-state index is -0.503. The van der Waals surface area contributed by atoms with Gasteiger partial charge in [0.25, 0.3) is 0 Å². The summed E-state index contributed by atoms with van der Waals surface area (Å²) in [7, 11) is 1.53. The average Bonchev–Trinajstić information content (AvgIpc) is 2.79. The Morgan fingerprint density at radius 1 is 1.43 bits per heavy atom.